The molecule has 0 aliphatic rings. The van der Waals surface area contributed by atoms with Gasteiger partial charge in [-0.3, -0.25) is 19.2 Å². The fourth-order valence-corrected chi connectivity index (χ4v) is 2.71. The highest BCUT2D eigenvalue weighted by Crippen LogP contribution is 2.19. The number of benzene rings is 1. The van der Waals surface area contributed by atoms with Crippen LogP contribution < -0.4 is 15.9 Å². The molecule has 0 saturated carbocycles. The molecule has 0 aliphatic carbocycles. The zero-order chi connectivity index (χ0) is 22.7. The molecule has 0 saturated heterocycles. The van der Waals surface area contributed by atoms with Gasteiger partial charge in [-0.2, -0.15) is 5.06 Å². The van der Waals surface area contributed by atoms with E-state index in [4.69, 9.17) is 15.3 Å². The molecule has 0 aromatic heterocycles. The van der Waals surface area contributed by atoms with Crippen LogP contribution in [0.15, 0.2) is 30.3 Å². The number of carbonyl (C=O) groups is 4. The van der Waals surface area contributed by atoms with Crippen molar-refractivity contribution in [2.75, 3.05) is 13.2 Å². The number of nitrogens with zero attached hydrogens (tertiary/aromatic N) is 1. The van der Waals surface area contributed by atoms with Crippen LogP contribution in [0.3, 0.4) is 0 Å². The molecule has 0 bridgehead atoms. The van der Waals surface area contributed by atoms with E-state index in [0.717, 1.165) is 0 Å². The van der Waals surface area contributed by atoms with Gasteiger partial charge in [0.1, 0.15) is 6.04 Å². The van der Waals surface area contributed by atoms with Gasteiger partial charge in [0.05, 0.1) is 19.6 Å². The summed E-state index contributed by atoms with van der Waals surface area (Å²) in [5.74, 6) is -2.87. The van der Waals surface area contributed by atoms with Gasteiger partial charge in [0.15, 0.2) is 5.75 Å². The molecule has 1 aromatic carbocycles. The van der Waals surface area contributed by atoms with Crippen LogP contribution in [0.1, 0.15) is 40.5 Å². The van der Waals surface area contributed by atoms with Crippen molar-refractivity contribution in [2.45, 2.75) is 46.6 Å². The summed E-state index contributed by atoms with van der Waals surface area (Å²) in [7, 11) is 0. The van der Waals surface area contributed by atoms with Crippen LogP contribution in [0.4, 0.5) is 0 Å². The molecular weight excluding hydrogens is 390 g/mol. The summed E-state index contributed by atoms with van der Waals surface area (Å²) >= 11 is 0. The maximum Gasteiger partial charge on any atom is 0.308 e. The zero-order valence-corrected chi connectivity index (χ0v) is 17.9. The Hall–Kier alpha value is -3.10. The third-order valence-corrected chi connectivity index (χ3v) is 4.40. The van der Waals surface area contributed by atoms with Gasteiger partial charge in [-0.25, -0.2) is 0 Å². The lowest BCUT2D eigenvalue weighted by Gasteiger charge is -2.26. The number of carbonyl (C=O) groups excluding carboxylic acids is 4. The van der Waals surface area contributed by atoms with E-state index in [1.165, 1.54) is 5.06 Å². The Bertz CT molecular complexity index is 723. The SMILES string of the molecule is CCOC(=O)CC(NC(=O)C(CC(=O)N(CC)Oc1ccccc1)C(C)C)C(N)=O. The van der Waals surface area contributed by atoms with Crippen molar-refractivity contribution in [3.05, 3.63) is 30.3 Å². The van der Waals surface area contributed by atoms with Gasteiger partial charge in [-0.15, -0.1) is 0 Å². The number of esters is 1. The van der Waals surface area contributed by atoms with E-state index in [-0.39, 0.29) is 37.8 Å². The van der Waals surface area contributed by atoms with E-state index in [9.17, 15) is 19.2 Å². The number of rotatable bonds is 12. The predicted octanol–water partition coefficient (Wildman–Crippen LogP) is 1.41. The van der Waals surface area contributed by atoms with E-state index in [0.29, 0.717) is 5.75 Å². The number of hydrogen-bond acceptors (Lipinski definition) is 6. The second-order valence-corrected chi connectivity index (χ2v) is 7.02. The average Bonchev–Trinajstić information content (AvgIpc) is 2.70. The minimum Gasteiger partial charge on any atom is -0.466 e. The molecule has 9 nitrogen and oxygen atoms in total. The Labute approximate surface area is 176 Å². The molecule has 2 unspecified atom stereocenters. The van der Waals surface area contributed by atoms with Crippen molar-refractivity contribution < 1.29 is 28.8 Å². The molecule has 0 heterocycles. The van der Waals surface area contributed by atoms with Gasteiger partial charge in [0.25, 0.3) is 5.91 Å². The van der Waals surface area contributed by atoms with Gasteiger partial charge in [0.2, 0.25) is 11.8 Å². The van der Waals surface area contributed by atoms with Crippen LogP contribution in [0, 0.1) is 11.8 Å². The lowest BCUT2D eigenvalue weighted by molar-refractivity contribution is -0.159. The largest absolute Gasteiger partial charge is 0.466 e. The molecule has 0 fully saturated rings. The normalized spacial score (nSPS) is 12.6. The second-order valence-electron chi connectivity index (χ2n) is 7.02. The third kappa shape index (κ3) is 8.10. The van der Waals surface area contributed by atoms with Crippen LogP contribution in [0.5, 0.6) is 5.75 Å². The fourth-order valence-electron chi connectivity index (χ4n) is 2.71. The Kier molecular flexibility index (Phi) is 10.4. The Morgan fingerprint density at radius 1 is 1.07 bits per heavy atom. The Morgan fingerprint density at radius 2 is 1.70 bits per heavy atom. The second kappa shape index (κ2) is 12.5. The van der Waals surface area contributed by atoms with E-state index in [1.54, 1.807) is 52.0 Å². The Morgan fingerprint density at radius 3 is 2.20 bits per heavy atom. The van der Waals surface area contributed by atoms with E-state index in [1.807, 2.05) is 6.07 Å². The maximum absolute atomic E-state index is 12.8. The lowest BCUT2D eigenvalue weighted by atomic mass is 9.90. The van der Waals surface area contributed by atoms with E-state index in [2.05, 4.69) is 5.32 Å². The summed E-state index contributed by atoms with van der Waals surface area (Å²) in [6.07, 6.45) is -0.499. The van der Waals surface area contributed by atoms with E-state index >= 15 is 0 Å². The molecule has 0 aliphatic heterocycles. The third-order valence-electron chi connectivity index (χ3n) is 4.40. The molecule has 1 aromatic rings. The molecule has 30 heavy (non-hydrogen) atoms. The topological polar surface area (TPSA) is 128 Å². The number of primary amides is 1. The van der Waals surface area contributed by atoms with Gasteiger partial charge >= 0.3 is 5.97 Å². The lowest BCUT2D eigenvalue weighted by Crippen LogP contribution is -2.49. The smallest absolute Gasteiger partial charge is 0.308 e. The number of hydroxylamine groups is 2. The van der Waals surface area contributed by atoms with E-state index < -0.39 is 29.7 Å². The summed E-state index contributed by atoms with van der Waals surface area (Å²) in [6.45, 7) is 7.40. The molecule has 9 heteroatoms. The number of nitrogens with two attached hydrogens (primary N) is 1. The summed E-state index contributed by atoms with van der Waals surface area (Å²) in [6, 6.07) is 7.62. The maximum atomic E-state index is 12.8. The number of amides is 3. The molecule has 3 amide bonds. The molecule has 0 spiro atoms. The van der Waals surface area contributed by atoms with Gasteiger partial charge in [-0.05, 0) is 31.9 Å². The first-order valence-electron chi connectivity index (χ1n) is 9.98. The first kappa shape index (κ1) is 24.9. The highest BCUT2D eigenvalue weighted by Gasteiger charge is 2.31. The number of hydrogen-bond donors (Lipinski definition) is 2. The molecule has 166 valence electrons. The molecule has 1 rings (SSSR count). The zero-order valence-electron chi connectivity index (χ0n) is 17.9. The molecule has 0 radical (unpaired) electrons. The molecule has 3 N–H and O–H groups in total. The first-order valence-corrected chi connectivity index (χ1v) is 9.98. The Balaban J connectivity index is 2.83. The average molecular weight is 421 g/mol. The van der Waals surface area contributed by atoms with Gasteiger partial charge in [0, 0.05) is 12.3 Å². The standard InChI is InChI=1S/C21H31N3O6/c1-5-24(30-15-10-8-7-9-11-15)18(25)12-16(14(3)4)21(28)23-17(20(22)27)13-19(26)29-6-2/h7-11,14,16-17H,5-6,12-13H2,1-4H3,(H2,22,27)(H,23,28). The fraction of sp³-hybridized carbons (Fsp3) is 0.524. The summed E-state index contributed by atoms with van der Waals surface area (Å²) in [5.41, 5.74) is 5.31. The monoisotopic (exact) mass is 421 g/mol. The highest BCUT2D eigenvalue weighted by atomic mass is 16.7. The van der Waals surface area contributed by atoms with Crippen molar-refractivity contribution >= 4 is 23.7 Å². The summed E-state index contributed by atoms with van der Waals surface area (Å²) in [5, 5.41) is 3.66. The van der Waals surface area contributed by atoms with Crippen molar-refractivity contribution in [3.63, 3.8) is 0 Å². The minimum absolute atomic E-state index is 0.130. The van der Waals surface area contributed by atoms with Crippen LogP contribution in [-0.2, 0) is 23.9 Å². The van der Waals surface area contributed by atoms with Gasteiger partial charge in [-0.1, -0.05) is 32.0 Å². The minimum atomic E-state index is -1.21. The quantitative estimate of drug-likeness (QED) is 0.388. The summed E-state index contributed by atoms with van der Waals surface area (Å²) < 4.78 is 4.80. The molecular formula is C21H31N3O6. The van der Waals surface area contributed by atoms with Crippen LogP contribution in [0.2, 0.25) is 0 Å². The first-order chi connectivity index (χ1) is 14.2. The van der Waals surface area contributed by atoms with Crippen molar-refractivity contribution in [2.24, 2.45) is 17.6 Å². The van der Waals surface area contributed by atoms with Crippen LogP contribution >= 0.6 is 0 Å². The number of ether oxygens (including phenoxy) is 1. The van der Waals surface area contributed by atoms with Gasteiger partial charge < -0.3 is 20.6 Å². The van der Waals surface area contributed by atoms with Crippen molar-refractivity contribution in [3.8, 4) is 5.75 Å². The highest BCUT2D eigenvalue weighted by molar-refractivity contribution is 5.92. The van der Waals surface area contributed by atoms with Crippen molar-refractivity contribution in [1.29, 1.82) is 0 Å². The molecule has 2 atom stereocenters. The van der Waals surface area contributed by atoms with Crippen LogP contribution in [-0.4, -0.2) is 47.9 Å². The van der Waals surface area contributed by atoms with Crippen LogP contribution in [0.25, 0.3) is 0 Å². The number of nitrogens with one attached hydrogen (secondary N) is 1. The number of para-hydroxylation sites is 1. The predicted molar refractivity (Wildman–Crippen MR) is 110 cm³/mol. The van der Waals surface area contributed by atoms with Crippen molar-refractivity contribution in [1.82, 2.24) is 10.4 Å². The summed E-state index contributed by atoms with van der Waals surface area (Å²) in [4.78, 5) is 54.4.